The molecule has 1 aromatic carbocycles. The Labute approximate surface area is 123 Å². The van der Waals surface area contributed by atoms with Crippen molar-refractivity contribution < 1.29 is 9.90 Å². The molecule has 0 unspecified atom stereocenters. The Morgan fingerprint density at radius 1 is 1.39 bits per heavy atom. The highest BCUT2D eigenvalue weighted by Gasteiger charge is 2.31. The molecule has 1 aromatic rings. The predicted octanol–water partition coefficient (Wildman–Crippen LogP) is 3.84. The van der Waals surface area contributed by atoms with E-state index in [1.54, 1.807) is 12.1 Å². The Balaban J connectivity index is 2.05. The van der Waals surface area contributed by atoms with Gasteiger partial charge in [-0.1, -0.05) is 13.3 Å². The van der Waals surface area contributed by atoms with E-state index in [4.69, 9.17) is 0 Å². The minimum atomic E-state index is -0.107. The van der Waals surface area contributed by atoms with Crippen molar-refractivity contribution in [1.29, 1.82) is 0 Å². The lowest BCUT2D eigenvalue weighted by atomic mass is 9.70. The molecule has 1 fully saturated rings. The molecule has 0 aromatic heterocycles. The summed E-state index contributed by atoms with van der Waals surface area (Å²) >= 11 is 6.44. The summed E-state index contributed by atoms with van der Waals surface area (Å²) in [5.41, 5.74) is 0.801. The molecule has 0 atom stereocenters. The van der Waals surface area contributed by atoms with E-state index in [0.29, 0.717) is 21.1 Å². The van der Waals surface area contributed by atoms with Gasteiger partial charge in [0, 0.05) is 12.1 Å². The van der Waals surface area contributed by atoms with E-state index in [-0.39, 0.29) is 17.1 Å². The van der Waals surface area contributed by atoms with Gasteiger partial charge in [-0.2, -0.15) is 0 Å². The van der Waals surface area contributed by atoms with Crippen LogP contribution in [0.4, 0.5) is 0 Å². The van der Waals surface area contributed by atoms with Crippen LogP contribution in [0, 0.1) is 5.41 Å². The fourth-order valence-corrected chi connectivity index (χ4v) is 3.24. The monoisotopic (exact) mass is 375 g/mol. The molecule has 1 aliphatic carbocycles. The fourth-order valence-electron chi connectivity index (χ4n) is 2.05. The number of amides is 1. The molecule has 0 heterocycles. The molecule has 1 saturated carbocycles. The molecule has 0 saturated heterocycles. The van der Waals surface area contributed by atoms with Crippen molar-refractivity contribution in [2.24, 2.45) is 5.41 Å². The minimum Gasteiger partial charge on any atom is -0.506 e. The van der Waals surface area contributed by atoms with Crippen molar-refractivity contribution in [1.82, 2.24) is 5.32 Å². The van der Waals surface area contributed by atoms with Gasteiger partial charge >= 0.3 is 0 Å². The first kappa shape index (κ1) is 13.9. The van der Waals surface area contributed by atoms with Crippen molar-refractivity contribution in [3.05, 3.63) is 26.6 Å². The van der Waals surface area contributed by atoms with E-state index in [1.165, 1.54) is 19.3 Å². The smallest absolute Gasteiger partial charge is 0.251 e. The van der Waals surface area contributed by atoms with E-state index < -0.39 is 0 Å². The highest BCUT2D eigenvalue weighted by molar-refractivity contribution is 9.11. The van der Waals surface area contributed by atoms with Crippen LogP contribution in [0.5, 0.6) is 5.75 Å². The number of phenols is 1. The number of carbonyl (C=O) groups is 1. The third-order valence-electron chi connectivity index (χ3n) is 3.52. The van der Waals surface area contributed by atoms with Gasteiger partial charge in [0.15, 0.2) is 0 Å². The van der Waals surface area contributed by atoms with Crippen LogP contribution >= 0.6 is 31.9 Å². The molecule has 0 aliphatic heterocycles. The molecule has 98 valence electrons. The number of nitrogens with one attached hydrogen (secondary N) is 1. The maximum atomic E-state index is 12.0. The lowest BCUT2D eigenvalue weighted by Gasteiger charge is -2.38. The average molecular weight is 377 g/mol. The van der Waals surface area contributed by atoms with Crippen LogP contribution in [0.2, 0.25) is 0 Å². The summed E-state index contributed by atoms with van der Waals surface area (Å²) in [5, 5.41) is 12.5. The molecular weight excluding hydrogens is 362 g/mol. The van der Waals surface area contributed by atoms with Gasteiger partial charge < -0.3 is 10.4 Å². The van der Waals surface area contributed by atoms with Gasteiger partial charge in [0.25, 0.3) is 5.91 Å². The summed E-state index contributed by atoms with van der Waals surface area (Å²) in [4.78, 5) is 12.0. The first-order valence-corrected chi connectivity index (χ1v) is 7.46. The molecule has 0 spiro atoms. The Bertz CT molecular complexity index is 461. The van der Waals surface area contributed by atoms with Crippen LogP contribution in [-0.4, -0.2) is 17.6 Å². The van der Waals surface area contributed by atoms with Crippen LogP contribution < -0.4 is 5.32 Å². The number of rotatable bonds is 3. The summed E-state index contributed by atoms with van der Waals surface area (Å²) in [6, 6.07) is 3.25. The number of phenolic OH excluding ortho intramolecular Hbond substituents is 1. The van der Waals surface area contributed by atoms with E-state index in [1.807, 2.05) is 0 Å². The molecule has 1 amide bonds. The van der Waals surface area contributed by atoms with Crippen LogP contribution in [0.25, 0.3) is 0 Å². The average Bonchev–Trinajstić information content (AvgIpc) is 2.30. The Hall–Kier alpha value is -0.550. The Morgan fingerprint density at radius 3 is 2.39 bits per heavy atom. The van der Waals surface area contributed by atoms with Gasteiger partial charge in [0.1, 0.15) is 5.75 Å². The predicted molar refractivity (Wildman–Crippen MR) is 77.8 cm³/mol. The largest absolute Gasteiger partial charge is 0.506 e. The summed E-state index contributed by atoms with van der Waals surface area (Å²) in [7, 11) is 0. The third-order valence-corrected chi connectivity index (χ3v) is 4.72. The normalized spacial score (nSPS) is 17.1. The number of benzene rings is 1. The molecule has 0 bridgehead atoms. The number of hydrogen-bond acceptors (Lipinski definition) is 2. The number of carbonyl (C=O) groups excluding carboxylic acids is 1. The molecule has 2 rings (SSSR count). The molecule has 18 heavy (non-hydrogen) atoms. The zero-order valence-corrected chi connectivity index (χ0v) is 13.3. The summed E-state index contributed by atoms with van der Waals surface area (Å²) < 4.78 is 1.02. The van der Waals surface area contributed by atoms with Crippen molar-refractivity contribution >= 4 is 37.8 Å². The molecule has 1 aliphatic rings. The van der Waals surface area contributed by atoms with Gasteiger partial charge in [-0.15, -0.1) is 0 Å². The van der Waals surface area contributed by atoms with Crippen molar-refractivity contribution in [3.63, 3.8) is 0 Å². The first-order chi connectivity index (χ1) is 8.41. The minimum absolute atomic E-state index is 0.107. The van der Waals surface area contributed by atoms with E-state index in [9.17, 15) is 9.90 Å². The van der Waals surface area contributed by atoms with E-state index in [0.717, 1.165) is 0 Å². The van der Waals surface area contributed by atoms with Gasteiger partial charge in [-0.25, -0.2) is 0 Å². The fraction of sp³-hybridized carbons (Fsp3) is 0.462. The molecule has 0 radical (unpaired) electrons. The topological polar surface area (TPSA) is 49.3 Å². The number of halogens is 2. The van der Waals surface area contributed by atoms with E-state index >= 15 is 0 Å². The van der Waals surface area contributed by atoms with Crippen molar-refractivity contribution in [2.75, 3.05) is 6.54 Å². The van der Waals surface area contributed by atoms with Crippen LogP contribution in [0.3, 0.4) is 0 Å². The molecular formula is C13H15Br2NO2. The van der Waals surface area contributed by atoms with Gasteiger partial charge in [-0.3, -0.25) is 4.79 Å². The lowest BCUT2D eigenvalue weighted by molar-refractivity contribution is 0.0890. The van der Waals surface area contributed by atoms with Crippen LogP contribution in [0.15, 0.2) is 21.1 Å². The van der Waals surface area contributed by atoms with E-state index in [2.05, 4.69) is 44.1 Å². The molecule has 5 heteroatoms. The van der Waals surface area contributed by atoms with Crippen LogP contribution in [0.1, 0.15) is 36.5 Å². The highest BCUT2D eigenvalue weighted by atomic mass is 79.9. The summed E-state index contributed by atoms with van der Waals surface area (Å²) in [6.07, 6.45) is 3.61. The number of aromatic hydroxyl groups is 1. The lowest BCUT2D eigenvalue weighted by Crippen LogP contribution is -2.39. The maximum Gasteiger partial charge on any atom is 0.251 e. The second-order valence-electron chi connectivity index (χ2n) is 5.14. The standard InChI is InChI=1S/C13H15Br2NO2/c1-13(3-2-4-13)7-16-12(18)8-5-9(14)11(17)10(15)6-8/h5-6,17H,2-4,7H2,1H3,(H,16,18). The zero-order chi connectivity index (χ0) is 13.3. The second-order valence-corrected chi connectivity index (χ2v) is 6.84. The van der Waals surface area contributed by atoms with Gasteiger partial charge in [0.05, 0.1) is 8.95 Å². The first-order valence-electron chi connectivity index (χ1n) is 5.87. The van der Waals surface area contributed by atoms with Crippen LogP contribution in [-0.2, 0) is 0 Å². The highest BCUT2D eigenvalue weighted by Crippen LogP contribution is 2.39. The van der Waals surface area contributed by atoms with Gasteiger partial charge in [0.2, 0.25) is 0 Å². The zero-order valence-electron chi connectivity index (χ0n) is 10.1. The quantitative estimate of drug-likeness (QED) is 0.841. The molecule has 3 nitrogen and oxygen atoms in total. The summed E-state index contributed by atoms with van der Waals surface area (Å²) in [6.45, 7) is 2.90. The van der Waals surface area contributed by atoms with Gasteiger partial charge in [-0.05, 0) is 62.2 Å². The SMILES string of the molecule is CC1(CNC(=O)c2cc(Br)c(O)c(Br)c2)CCC1. The number of hydrogen-bond donors (Lipinski definition) is 2. The Kier molecular flexibility index (Phi) is 4.02. The Morgan fingerprint density at radius 2 is 1.94 bits per heavy atom. The maximum absolute atomic E-state index is 12.0. The third kappa shape index (κ3) is 2.88. The molecule has 2 N–H and O–H groups in total. The summed E-state index contributed by atoms with van der Waals surface area (Å²) in [5.74, 6) is 0.00188. The second kappa shape index (κ2) is 5.21. The van der Waals surface area contributed by atoms with Crippen molar-refractivity contribution in [2.45, 2.75) is 26.2 Å². The van der Waals surface area contributed by atoms with Crippen molar-refractivity contribution in [3.8, 4) is 5.75 Å².